The van der Waals surface area contributed by atoms with Gasteiger partial charge in [0.15, 0.2) is 0 Å². The minimum Gasteiger partial charge on any atom is -0.481 e. The van der Waals surface area contributed by atoms with Crippen molar-refractivity contribution < 1.29 is 24.2 Å². The van der Waals surface area contributed by atoms with Crippen molar-refractivity contribution in [1.82, 2.24) is 10.2 Å². The van der Waals surface area contributed by atoms with Crippen molar-refractivity contribution in [2.45, 2.75) is 25.4 Å². The summed E-state index contributed by atoms with van der Waals surface area (Å²) in [6, 6.07) is -0.271. The van der Waals surface area contributed by atoms with Gasteiger partial charge >= 0.3 is 12.0 Å². The number of amides is 2. The second kappa shape index (κ2) is 7.30. The predicted molar refractivity (Wildman–Crippen MR) is 68.1 cm³/mol. The Kier molecular flexibility index (Phi) is 6.04. The van der Waals surface area contributed by atoms with Crippen molar-refractivity contribution in [3.8, 4) is 0 Å². The second-order valence-corrected chi connectivity index (χ2v) is 4.57. The molecular weight excluding hydrogens is 252 g/mol. The normalized spacial score (nSPS) is 22.2. The van der Waals surface area contributed by atoms with Gasteiger partial charge in [-0.2, -0.15) is 0 Å². The first-order chi connectivity index (χ1) is 9.03. The zero-order valence-electron chi connectivity index (χ0n) is 11.5. The van der Waals surface area contributed by atoms with Crippen LogP contribution >= 0.6 is 0 Å². The quantitative estimate of drug-likeness (QED) is 0.697. The molecule has 2 N–H and O–H groups in total. The van der Waals surface area contributed by atoms with E-state index in [1.54, 1.807) is 7.11 Å². The molecule has 19 heavy (non-hydrogen) atoms. The summed E-state index contributed by atoms with van der Waals surface area (Å²) in [5, 5.41) is 11.4. The Balaban J connectivity index is 2.41. The summed E-state index contributed by atoms with van der Waals surface area (Å²) in [6.45, 7) is 3.94. The molecule has 0 spiro atoms. The van der Waals surface area contributed by atoms with Crippen LogP contribution in [-0.2, 0) is 14.3 Å². The average molecular weight is 274 g/mol. The minimum atomic E-state index is -0.913. The molecule has 1 unspecified atom stereocenters. The summed E-state index contributed by atoms with van der Waals surface area (Å²) in [4.78, 5) is 23.9. The van der Waals surface area contributed by atoms with Crippen LogP contribution < -0.4 is 5.32 Å². The summed E-state index contributed by atoms with van der Waals surface area (Å²) in [5.41, 5.74) is -0.456. The molecular formula is C12H22N2O5. The van der Waals surface area contributed by atoms with Gasteiger partial charge in [0.1, 0.15) is 5.60 Å². The summed E-state index contributed by atoms with van der Waals surface area (Å²) in [5.74, 6) is -0.913. The number of carbonyl (C=O) groups excluding carboxylic acids is 1. The number of carboxylic acid groups (broad SMARTS) is 1. The maximum absolute atomic E-state index is 11.9. The molecule has 0 aliphatic carbocycles. The van der Waals surface area contributed by atoms with E-state index in [9.17, 15) is 9.59 Å². The van der Waals surface area contributed by atoms with Gasteiger partial charge in [0.25, 0.3) is 0 Å². The molecule has 0 bridgehead atoms. The first-order valence-corrected chi connectivity index (χ1v) is 6.40. The molecule has 0 saturated carbocycles. The van der Waals surface area contributed by atoms with E-state index in [2.05, 4.69) is 5.32 Å². The summed E-state index contributed by atoms with van der Waals surface area (Å²) < 4.78 is 10.7. The average Bonchev–Trinajstić information content (AvgIpc) is 2.86. The number of nitrogens with one attached hydrogen (secondary N) is 1. The molecule has 1 aliphatic rings. The first-order valence-electron chi connectivity index (χ1n) is 6.40. The Morgan fingerprint density at radius 2 is 2.26 bits per heavy atom. The van der Waals surface area contributed by atoms with Gasteiger partial charge < -0.3 is 24.8 Å². The molecule has 1 aliphatic heterocycles. The SMILES string of the molecule is CCN(CCC(=O)O)C(=O)NCC1(OC)CCOC1. The fraction of sp³-hybridized carbons (Fsp3) is 0.833. The lowest BCUT2D eigenvalue weighted by atomic mass is 10.0. The van der Waals surface area contributed by atoms with E-state index in [4.69, 9.17) is 14.6 Å². The Morgan fingerprint density at radius 1 is 1.53 bits per heavy atom. The molecule has 0 radical (unpaired) electrons. The number of aliphatic carboxylic acids is 1. The highest BCUT2D eigenvalue weighted by molar-refractivity contribution is 5.75. The van der Waals surface area contributed by atoms with Crippen LogP contribution in [0.15, 0.2) is 0 Å². The fourth-order valence-electron chi connectivity index (χ4n) is 1.94. The lowest BCUT2D eigenvalue weighted by Gasteiger charge is -2.28. The largest absolute Gasteiger partial charge is 0.481 e. The Bertz CT molecular complexity index is 315. The highest BCUT2D eigenvalue weighted by Gasteiger charge is 2.35. The standard InChI is InChI=1S/C12H22N2O5/c1-3-14(6-4-10(15)16)11(17)13-8-12(18-2)5-7-19-9-12/h3-9H2,1-2H3,(H,13,17)(H,15,16). The second-order valence-electron chi connectivity index (χ2n) is 4.57. The van der Waals surface area contributed by atoms with Crippen LogP contribution in [0.5, 0.6) is 0 Å². The van der Waals surface area contributed by atoms with Gasteiger partial charge in [-0.15, -0.1) is 0 Å². The van der Waals surface area contributed by atoms with Gasteiger partial charge in [-0.25, -0.2) is 4.79 Å². The number of hydrogen-bond donors (Lipinski definition) is 2. The molecule has 1 atom stereocenters. The van der Waals surface area contributed by atoms with Crippen LogP contribution in [0.2, 0.25) is 0 Å². The maximum Gasteiger partial charge on any atom is 0.317 e. The number of methoxy groups -OCH3 is 1. The molecule has 0 aromatic carbocycles. The predicted octanol–water partition coefficient (Wildman–Crippen LogP) is 0.298. The van der Waals surface area contributed by atoms with Crippen LogP contribution in [0, 0.1) is 0 Å². The maximum atomic E-state index is 11.9. The number of ether oxygens (including phenoxy) is 2. The van der Waals surface area contributed by atoms with Crippen molar-refractivity contribution in [1.29, 1.82) is 0 Å². The Morgan fingerprint density at radius 3 is 2.74 bits per heavy atom. The third-order valence-electron chi connectivity index (χ3n) is 3.33. The highest BCUT2D eigenvalue weighted by Crippen LogP contribution is 2.21. The number of hydrogen-bond acceptors (Lipinski definition) is 4. The molecule has 7 heteroatoms. The van der Waals surface area contributed by atoms with E-state index in [-0.39, 0.29) is 19.0 Å². The minimum absolute atomic E-state index is 0.0558. The van der Waals surface area contributed by atoms with Crippen LogP contribution in [0.3, 0.4) is 0 Å². The van der Waals surface area contributed by atoms with Crippen LogP contribution in [0.4, 0.5) is 4.79 Å². The molecule has 7 nitrogen and oxygen atoms in total. The topological polar surface area (TPSA) is 88.1 Å². The fourth-order valence-corrected chi connectivity index (χ4v) is 1.94. The molecule has 2 amide bonds. The van der Waals surface area contributed by atoms with Crippen LogP contribution in [-0.4, -0.2) is 67.6 Å². The zero-order chi connectivity index (χ0) is 14.3. The Hall–Kier alpha value is -1.34. The summed E-state index contributed by atoms with van der Waals surface area (Å²) in [6.07, 6.45) is 0.685. The van der Waals surface area contributed by atoms with Crippen LogP contribution in [0.25, 0.3) is 0 Å². The van der Waals surface area contributed by atoms with E-state index in [1.165, 1.54) is 4.90 Å². The van der Waals surface area contributed by atoms with Crippen molar-refractivity contribution in [3.05, 3.63) is 0 Å². The van der Waals surface area contributed by atoms with Crippen molar-refractivity contribution >= 4 is 12.0 Å². The zero-order valence-corrected chi connectivity index (χ0v) is 11.5. The number of rotatable bonds is 7. The third kappa shape index (κ3) is 4.68. The number of nitrogens with zero attached hydrogens (tertiary/aromatic N) is 1. The highest BCUT2D eigenvalue weighted by atomic mass is 16.5. The Labute approximate surface area is 112 Å². The van der Waals surface area contributed by atoms with E-state index < -0.39 is 11.6 Å². The monoisotopic (exact) mass is 274 g/mol. The molecule has 1 saturated heterocycles. The molecule has 110 valence electrons. The van der Waals surface area contributed by atoms with E-state index in [0.29, 0.717) is 26.3 Å². The van der Waals surface area contributed by atoms with Gasteiger partial charge in [0.2, 0.25) is 0 Å². The number of urea groups is 1. The summed E-state index contributed by atoms with van der Waals surface area (Å²) >= 11 is 0. The molecule has 0 aromatic heterocycles. The lowest BCUT2D eigenvalue weighted by Crippen LogP contribution is -2.49. The van der Waals surface area contributed by atoms with Gasteiger partial charge in [0.05, 0.1) is 19.6 Å². The van der Waals surface area contributed by atoms with Gasteiger partial charge in [-0.05, 0) is 6.92 Å². The number of carbonyl (C=O) groups is 2. The summed E-state index contributed by atoms with van der Waals surface area (Å²) in [7, 11) is 1.60. The molecule has 1 rings (SSSR count). The molecule has 1 fully saturated rings. The van der Waals surface area contributed by atoms with Gasteiger partial charge in [-0.3, -0.25) is 4.79 Å². The first kappa shape index (κ1) is 15.7. The van der Waals surface area contributed by atoms with Gasteiger partial charge in [0, 0.05) is 33.2 Å². The van der Waals surface area contributed by atoms with E-state index in [1.807, 2.05) is 6.92 Å². The van der Waals surface area contributed by atoms with Crippen LogP contribution in [0.1, 0.15) is 19.8 Å². The van der Waals surface area contributed by atoms with E-state index in [0.717, 1.165) is 6.42 Å². The lowest BCUT2D eigenvalue weighted by molar-refractivity contribution is -0.137. The molecule has 1 heterocycles. The van der Waals surface area contributed by atoms with Gasteiger partial charge in [-0.1, -0.05) is 0 Å². The smallest absolute Gasteiger partial charge is 0.317 e. The third-order valence-corrected chi connectivity index (χ3v) is 3.33. The molecule has 0 aromatic rings. The van der Waals surface area contributed by atoms with E-state index >= 15 is 0 Å². The number of carboxylic acids is 1. The van der Waals surface area contributed by atoms with Crippen molar-refractivity contribution in [3.63, 3.8) is 0 Å². The van der Waals surface area contributed by atoms with Crippen molar-refractivity contribution in [2.24, 2.45) is 0 Å². The van der Waals surface area contributed by atoms with Crippen molar-refractivity contribution in [2.75, 3.05) is 40.0 Å².